The highest BCUT2D eigenvalue weighted by molar-refractivity contribution is 6.21. The van der Waals surface area contributed by atoms with Crippen LogP contribution in [0.15, 0.2) is 30.3 Å². The topological polar surface area (TPSA) is 20.2 Å². The number of terminal acetylenes is 1. The van der Waals surface area contributed by atoms with E-state index in [2.05, 4.69) is 5.92 Å². The van der Waals surface area contributed by atoms with Gasteiger partial charge in [0.15, 0.2) is 5.60 Å². The van der Waals surface area contributed by atoms with Gasteiger partial charge in [-0.3, -0.25) is 0 Å². The van der Waals surface area contributed by atoms with Crippen LogP contribution in [0.3, 0.4) is 0 Å². The van der Waals surface area contributed by atoms with E-state index in [1.165, 1.54) is 0 Å². The van der Waals surface area contributed by atoms with Crippen LogP contribution in [0.1, 0.15) is 12.5 Å². The van der Waals surface area contributed by atoms with Crippen molar-refractivity contribution in [2.75, 3.05) is 0 Å². The summed E-state index contributed by atoms with van der Waals surface area (Å²) in [5.41, 5.74) is -0.719. The fourth-order valence-electron chi connectivity index (χ4n) is 1.12. The van der Waals surface area contributed by atoms with Gasteiger partial charge in [0.2, 0.25) is 0 Å². The van der Waals surface area contributed by atoms with Gasteiger partial charge in [0.1, 0.15) is 0 Å². The molecule has 0 fully saturated rings. The number of rotatable bonds is 2. The van der Waals surface area contributed by atoms with Crippen LogP contribution in [0.5, 0.6) is 0 Å². The quantitative estimate of drug-likeness (QED) is 0.565. The van der Waals surface area contributed by atoms with E-state index in [-0.39, 0.29) is 0 Å². The molecule has 1 aromatic rings. The maximum Gasteiger partial charge on any atom is 0.166 e. The Morgan fingerprint density at radius 1 is 1.46 bits per heavy atom. The van der Waals surface area contributed by atoms with Crippen LogP contribution >= 0.6 is 11.6 Å². The summed E-state index contributed by atoms with van der Waals surface area (Å²) in [7, 11) is 0. The van der Waals surface area contributed by atoms with E-state index in [1.807, 2.05) is 18.2 Å². The van der Waals surface area contributed by atoms with Gasteiger partial charge in [-0.25, -0.2) is 0 Å². The second-order valence-electron chi connectivity index (χ2n) is 2.89. The predicted octanol–water partition coefficient (Wildman–Crippen LogP) is 2.13. The molecule has 2 atom stereocenters. The minimum Gasteiger partial charge on any atom is -0.372 e. The summed E-state index contributed by atoms with van der Waals surface area (Å²) in [5.74, 6) is 2.32. The normalized spacial score (nSPS) is 17.1. The van der Waals surface area contributed by atoms with Gasteiger partial charge in [0, 0.05) is 0 Å². The van der Waals surface area contributed by atoms with Gasteiger partial charge >= 0.3 is 0 Å². The van der Waals surface area contributed by atoms with Crippen LogP contribution in [0.4, 0.5) is 0 Å². The molecule has 2 unspecified atom stereocenters. The Labute approximate surface area is 83.4 Å². The van der Waals surface area contributed by atoms with Crippen molar-refractivity contribution in [2.24, 2.45) is 0 Å². The summed E-state index contributed by atoms with van der Waals surface area (Å²) in [4.78, 5) is 0. The third-order valence-electron chi connectivity index (χ3n) is 2.01. The van der Waals surface area contributed by atoms with Crippen LogP contribution in [0, 0.1) is 12.3 Å². The lowest BCUT2D eigenvalue weighted by Gasteiger charge is -2.25. The second kappa shape index (κ2) is 3.83. The average molecular weight is 195 g/mol. The molecule has 0 saturated carbocycles. The molecule has 1 nitrogen and oxygen atoms in total. The molecule has 0 aliphatic heterocycles. The molecule has 0 heterocycles. The maximum atomic E-state index is 10.0. The standard InChI is InChI=1S/C11H11ClO/c1-3-11(13,9(2)12)10-7-5-4-6-8-10/h1,4-9,13H,2H3. The second-order valence-corrected chi connectivity index (χ2v) is 3.55. The van der Waals surface area contributed by atoms with Gasteiger partial charge in [0.25, 0.3) is 0 Å². The minimum atomic E-state index is -1.37. The van der Waals surface area contributed by atoms with Crippen molar-refractivity contribution in [1.82, 2.24) is 0 Å². The molecule has 0 bridgehead atoms. The van der Waals surface area contributed by atoms with E-state index in [9.17, 15) is 5.11 Å². The van der Waals surface area contributed by atoms with Crippen molar-refractivity contribution in [1.29, 1.82) is 0 Å². The maximum absolute atomic E-state index is 10.0. The Kier molecular flexibility index (Phi) is 2.98. The Hall–Kier alpha value is -0.970. The molecule has 0 saturated heterocycles. The molecule has 2 heteroatoms. The third kappa shape index (κ3) is 1.85. The largest absolute Gasteiger partial charge is 0.372 e. The Morgan fingerprint density at radius 3 is 2.38 bits per heavy atom. The lowest BCUT2D eigenvalue weighted by molar-refractivity contribution is 0.100. The first-order valence-corrected chi connectivity index (χ1v) is 4.44. The summed E-state index contributed by atoms with van der Waals surface area (Å²) >= 11 is 5.83. The molecule has 1 N–H and O–H groups in total. The summed E-state index contributed by atoms with van der Waals surface area (Å²) < 4.78 is 0. The molecule has 68 valence electrons. The SMILES string of the molecule is C#CC(O)(c1ccccc1)C(C)Cl. The van der Waals surface area contributed by atoms with Gasteiger partial charge in [-0.1, -0.05) is 36.3 Å². The zero-order valence-electron chi connectivity index (χ0n) is 7.37. The van der Waals surface area contributed by atoms with Crippen LogP contribution in [0.2, 0.25) is 0 Å². The summed E-state index contributed by atoms with van der Waals surface area (Å²) in [5, 5.41) is 9.49. The van der Waals surface area contributed by atoms with E-state index in [0.29, 0.717) is 5.56 Å². The molecule has 0 aliphatic carbocycles. The zero-order valence-corrected chi connectivity index (χ0v) is 8.12. The van der Waals surface area contributed by atoms with E-state index in [0.717, 1.165) is 0 Å². The van der Waals surface area contributed by atoms with Gasteiger partial charge in [-0.05, 0) is 12.5 Å². The van der Waals surface area contributed by atoms with Crippen LogP contribution < -0.4 is 0 Å². The summed E-state index contributed by atoms with van der Waals surface area (Å²) in [6, 6.07) is 9.02. The van der Waals surface area contributed by atoms with Crippen LogP contribution in [0.25, 0.3) is 0 Å². The summed E-state index contributed by atoms with van der Waals surface area (Å²) in [6.45, 7) is 1.68. The molecule has 0 radical (unpaired) electrons. The molecule has 1 rings (SSSR count). The van der Waals surface area contributed by atoms with Gasteiger partial charge in [-0.2, -0.15) is 0 Å². The van der Waals surface area contributed by atoms with Crippen LogP contribution in [-0.4, -0.2) is 10.5 Å². The molecule has 0 aliphatic rings. The van der Waals surface area contributed by atoms with Crippen molar-refractivity contribution >= 4 is 11.6 Å². The summed E-state index contributed by atoms with van der Waals surface area (Å²) in [6.07, 6.45) is 5.26. The highest BCUT2D eigenvalue weighted by atomic mass is 35.5. The van der Waals surface area contributed by atoms with Gasteiger partial charge in [0.05, 0.1) is 5.38 Å². The number of halogens is 1. The molecule has 1 aromatic carbocycles. The fourth-order valence-corrected chi connectivity index (χ4v) is 1.31. The minimum absolute atomic E-state index is 0.514. The Balaban J connectivity index is 3.13. The first kappa shape index (κ1) is 10.1. The zero-order chi connectivity index (χ0) is 9.90. The predicted molar refractivity (Wildman–Crippen MR) is 54.5 cm³/mol. The van der Waals surface area contributed by atoms with Gasteiger partial charge < -0.3 is 5.11 Å². The fraction of sp³-hybridized carbons (Fsp3) is 0.273. The molecular formula is C11H11ClO. The van der Waals surface area contributed by atoms with Crippen molar-refractivity contribution < 1.29 is 5.11 Å². The number of alkyl halides is 1. The van der Waals surface area contributed by atoms with E-state index >= 15 is 0 Å². The third-order valence-corrected chi connectivity index (χ3v) is 2.33. The van der Waals surface area contributed by atoms with E-state index < -0.39 is 11.0 Å². The van der Waals surface area contributed by atoms with E-state index in [4.69, 9.17) is 18.0 Å². The lowest BCUT2D eigenvalue weighted by atomic mass is 9.92. The van der Waals surface area contributed by atoms with Crippen LogP contribution in [-0.2, 0) is 5.60 Å². The number of hydrogen-bond acceptors (Lipinski definition) is 1. The highest BCUT2D eigenvalue weighted by Crippen LogP contribution is 2.27. The molecular weight excluding hydrogens is 184 g/mol. The van der Waals surface area contributed by atoms with Crippen molar-refractivity contribution in [2.45, 2.75) is 17.9 Å². The number of aliphatic hydroxyl groups is 1. The first-order valence-electron chi connectivity index (χ1n) is 4.01. The number of benzene rings is 1. The van der Waals surface area contributed by atoms with Crippen molar-refractivity contribution in [3.05, 3.63) is 35.9 Å². The monoisotopic (exact) mass is 194 g/mol. The first-order chi connectivity index (χ1) is 6.11. The molecule has 13 heavy (non-hydrogen) atoms. The van der Waals surface area contributed by atoms with Crippen molar-refractivity contribution in [3.63, 3.8) is 0 Å². The lowest BCUT2D eigenvalue weighted by Crippen LogP contribution is -2.32. The number of hydrogen-bond donors (Lipinski definition) is 1. The van der Waals surface area contributed by atoms with Gasteiger partial charge in [-0.15, -0.1) is 18.0 Å². The Bertz CT molecular complexity index is 313. The van der Waals surface area contributed by atoms with Crippen molar-refractivity contribution in [3.8, 4) is 12.3 Å². The highest BCUT2D eigenvalue weighted by Gasteiger charge is 2.31. The molecule has 0 spiro atoms. The molecule has 0 amide bonds. The Morgan fingerprint density at radius 2 is 2.00 bits per heavy atom. The molecule has 0 aromatic heterocycles. The average Bonchev–Trinajstić information content (AvgIpc) is 2.17. The van der Waals surface area contributed by atoms with E-state index in [1.54, 1.807) is 19.1 Å². The smallest absolute Gasteiger partial charge is 0.166 e.